The van der Waals surface area contributed by atoms with Gasteiger partial charge in [-0.15, -0.1) is 0 Å². The average Bonchev–Trinajstić information content (AvgIpc) is 2.42. The number of phenols is 1. The van der Waals surface area contributed by atoms with Gasteiger partial charge in [0.2, 0.25) is 0 Å². The second-order valence-electron chi connectivity index (χ2n) is 4.33. The Labute approximate surface area is 120 Å². The van der Waals surface area contributed by atoms with Crippen LogP contribution in [0.15, 0.2) is 42.5 Å². The summed E-state index contributed by atoms with van der Waals surface area (Å²) in [5.41, 5.74) is 1.13. The van der Waals surface area contributed by atoms with Crippen LogP contribution in [0.3, 0.4) is 0 Å². The number of hydrogen-bond acceptors (Lipinski definition) is 3. The van der Waals surface area contributed by atoms with Crippen LogP contribution in [0.4, 0.5) is 14.5 Å². The van der Waals surface area contributed by atoms with Gasteiger partial charge in [0, 0.05) is 5.69 Å². The van der Waals surface area contributed by atoms with E-state index in [0.29, 0.717) is 11.3 Å². The molecule has 4 nitrogen and oxygen atoms in total. The van der Waals surface area contributed by atoms with Gasteiger partial charge in [-0.3, -0.25) is 4.79 Å². The fourth-order valence-corrected chi connectivity index (χ4v) is 1.83. The van der Waals surface area contributed by atoms with Crippen molar-refractivity contribution in [2.75, 3.05) is 5.32 Å². The number of alkyl halides is 2. The molecule has 21 heavy (non-hydrogen) atoms. The maximum Gasteiger partial charge on any atom is 0.387 e. The van der Waals surface area contributed by atoms with Crippen LogP contribution in [0.5, 0.6) is 11.5 Å². The second-order valence-corrected chi connectivity index (χ2v) is 4.33. The predicted molar refractivity (Wildman–Crippen MR) is 73.9 cm³/mol. The van der Waals surface area contributed by atoms with Gasteiger partial charge >= 0.3 is 6.61 Å². The van der Waals surface area contributed by atoms with Crippen LogP contribution in [0.2, 0.25) is 0 Å². The molecular weight excluding hydrogens is 280 g/mol. The number of hydrogen-bond donors (Lipinski definition) is 2. The Kier molecular flexibility index (Phi) is 4.37. The summed E-state index contributed by atoms with van der Waals surface area (Å²) in [6.45, 7) is -1.30. The summed E-state index contributed by atoms with van der Waals surface area (Å²) in [4.78, 5) is 12.2. The maximum atomic E-state index is 12.3. The van der Waals surface area contributed by atoms with E-state index in [1.165, 1.54) is 36.4 Å². The van der Waals surface area contributed by atoms with Crippen molar-refractivity contribution in [3.63, 3.8) is 0 Å². The fraction of sp³-hybridized carbons (Fsp3) is 0.133. The van der Waals surface area contributed by atoms with Crippen molar-refractivity contribution in [1.82, 2.24) is 0 Å². The number of carbonyl (C=O) groups excluding carboxylic acids is 1. The molecule has 0 heterocycles. The maximum absolute atomic E-state index is 12.3. The van der Waals surface area contributed by atoms with E-state index in [2.05, 4.69) is 10.1 Å². The van der Waals surface area contributed by atoms with Crippen molar-refractivity contribution in [2.45, 2.75) is 13.5 Å². The summed E-state index contributed by atoms with van der Waals surface area (Å²) in [7, 11) is 0. The molecule has 0 radical (unpaired) electrons. The Bertz CT molecular complexity index is 659. The molecule has 0 saturated heterocycles. The highest BCUT2D eigenvalue weighted by molar-refractivity contribution is 6.06. The van der Waals surface area contributed by atoms with E-state index in [9.17, 15) is 18.7 Å². The third-order valence-corrected chi connectivity index (χ3v) is 2.81. The number of phenolic OH excluding ortho intramolecular Hbond substituents is 1. The first-order chi connectivity index (χ1) is 9.97. The number of aryl methyl sites for hydroxylation is 1. The van der Waals surface area contributed by atoms with Gasteiger partial charge in [0.1, 0.15) is 11.5 Å². The van der Waals surface area contributed by atoms with Gasteiger partial charge in [-0.1, -0.05) is 12.1 Å². The van der Waals surface area contributed by atoms with Crippen molar-refractivity contribution < 1.29 is 23.4 Å². The van der Waals surface area contributed by atoms with Gasteiger partial charge in [-0.2, -0.15) is 8.78 Å². The lowest BCUT2D eigenvalue weighted by Crippen LogP contribution is -2.15. The Morgan fingerprint density at radius 1 is 1.24 bits per heavy atom. The standard InChI is InChI=1S/C15H13F2NO3/c1-9-8-10(19)6-7-12(9)18-14(20)11-4-2-3-5-13(11)21-15(16)17/h2-8,15,19H,1H3,(H,18,20). The smallest absolute Gasteiger partial charge is 0.387 e. The van der Waals surface area contributed by atoms with Crippen LogP contribution in [0, 0.1) is 6.92 Å². The molecule has 0 bridgehead atoms. The molecule has 0 saturated carbocycles. The number of para-hydroxylation sites is 1. The Hall–Kier alpha value is -2.63. The zero-order valence-corrected chi connectivity index (χ0v) is 11.1. The number of rotatable bonds is 4. The summed E-state index contributed by atoms with van der Waals surface area (Å²) in [5, 5.41) is 11.9. The molecule has 0 aromatic heterocycles. The molecule has 2 aromatic carbocycles. The average molecular weight is 293 g/mol. The molecule has 0 spiro atoms. The molecule has 0 aliphatic heterocycles. The third kappa shape index (κ3) is 3.68. The van der Waals surface area contributed by atoms with Crippen molar-refractivity contribution in [3.05, 3.63) is 53.6 Å². The molecule has 1 amide bonds. The molecular formula is C15H13F2NO3. The summed E-state index contributed by atoms with van der Waals surface area (Å²) < 4.78 is 29.0. The van der Waals surface area contributed by atoms with Crippen molar-refractivity contribution in [2.24, 2.45) is 0 Å². The van der Waals surface area contributed by atoms with E-state index in [4.69, 9.17) is 0 Å². The number of carbonyl (C=O) groups is 1. The Morgan fingerprint density at radius 2 is 1.95 bits per heavy atom. The fourth-order valence-electron chi connectivity index (χ4n) is 1.83. The minimum absolute atomic E-state index is 0.00488. The highest BCUT2D eigenvalue weighted by atomic mass is 19.3. The topological polar surface area (TPSA) is 58.6 Å². The largest absolute Gasteiger partial charge is 0.508 e. The first-order valence-corrected chi connectivity index (χ1v) is 6.12. The number of nitrogens with one attached hydrogen (secondary N) is 1. The molecule has 0 atom stereocenters. The SMILES string of the molecule is Cc1cc(O)ccc1NC(=O)c1ccccc1OC(F)F. The van der Waals surface area contributed by atoms with Crippen LogP contribution in [-0.4, -0.2) is 17.6 Å². The lowest BCUT2D eigenvalue weighted by atomic mass is 10.1. The zero-order valence-electron chi connectivity index (χ0n) is 11.1. The molecule has 0 aliphatic carbocycles. The number of halogens is 2. The molecule has 2 rings (SSSR count). The van der Waals surface area contributed by atoms with Gasteiger partial charge in [0.05, 0.1) is 5.56 Å². The van der Waals surface area contributed by atoms with Gasteiger partial charge in [-0.05, 0) is 42.8 Å². The Morgan fingerprint density at radius 3 is 2.62 bits per heavy atom. The lowest BCUT2D eigenvalue weighted by Gasteiger charge is -2.12. The molecule has 0 unspecified atom stereocenters. The molecule has 6 heteroatoms. The third-order valence-electron chi connectivity index (χ3n) is 2.81. The van der Waals surface area contributed by atoms with Crippen LogP contribution < -0.4 is 10.1 Å². The number of anilines is 1. The summed E-state index contributed by atoms with van der Waals surface area (Å²) in [6.07, 6.45) is 0. The van der Waals surface area contributed by atoms with Crippen molar-refractivity contribution in [1.29, 1.82) is 0 Å². The van der Waals surface area contributed by atoms with Gasteiger partial charge < -0.3 is 15.2 Å². The highest BCUT2D eigenvalue weighted by Crippen LogP contribution is 2.24. The van der Waals surface area contributed by atoms with Crippen molar-refractivity contribution in [3.8, 4) is 11.5 Å². The molecule has 110 valence electrons. The summed E-state index contributed by atoms with van der Waals surface area (Å²) >= 11 is 0. The second kappa shape index (κ2) is 6.21. The van der Waals surface area contributed by atoms with Crippen LogP contribution in [-0.2, 0) is 0 Å². The monoisotopic (exact) mass is 293 g/mol. The van der Waals surface area contributed by atoms with Gasteiger partial charge in [-0.25, -0.2) is 0 Å². The van der Waals surface area contributed by atoms with E-state index in [0.717, 1.165) is 0 Å². The first kappa shape index (κ1) is 14.8. The lowest BCUT2D eigenvalue weighted by molar-refractivity contribution is -0.0501. The molecule has 0 aliphatic rings. The molecule has 0 fully saturated rings. The van der Waals surface area contributed by atoms with Crippen LogP contribution in [0.1, 0.15) is 15.9 Å². The van der Waals surface area contributed by atoms with Crippen molar-refractivity contribution >= 4 is 11.6 Å². The van der Waals surface area contributed by atoms with E-state index in [-0.39, 0.29) is 17.1 Å². The minimum atomic E-state index is -3.01. The molecule has 2 N–H and O–H groups in total. The number of ether oxygens (including phenoxy) is 1. The van der Waals surface area contributed by atoms with Crippen LogP contribution in [0.25, 0.3) is 0 Å². The van der Waals surface area contributed by atoms with E-state index in [1.54, 1.807) is 13.0 Å². The summed E-state index contributed by atoms with van der Waals surface area (Å²) in [5.74, 6) is -0.687. The molecule has 2 aromatic rings. The number of aromatic hydroxyl groups is 1. The first-order valence-electron chi connectivity index (χ1n) is 6.12. The quantitative estimate of drug-likeness (QED) is 0.847. The highest BCUT2D eigenvalue weighted by Gasteiger charge is 2.16. The summed E-state index contributed by atoms with van der Waals surface area (Å²) in [6, 6.07) is 10.2. The van der Waals surface area contributed by atoms with E-state index in [1.807, 2.05) is 0 Å². The van der Waals surface area contributed by atoms with E-state index < -0.39 is 12.5 Å². The number of amides is 1. The Balaban J connectivity index is 2.24. The predicted octanol–water partition coefficient (Wildman–Crippen LogP) is 3.55. The normalized spacial score (nSPS) is 10.5. The van der Waals surface area contributed by atoms with E-state index >= 15 is 0 Å². The van der Waals surface area contributed by atoms with Gasteiger partial charge in [0.25, 0.3) is 5.91 Å². The zero-order chi connectivity index (χ0) is 15.4. The number of benzene rings is 2. The van der Waals surface area contributed by atoms with Gasteiger partial charge in [0.15, 0.2) is 0 Å². The van der Waals surface area contributed by atoms with Crippen LogP contribution >= 0.6 is 0 Å². The minimum Gasteiger partial charge on any atom is -0.508 e.